The molecular formula is C34H44N2O7. The number of morpholine rings is 1. The zero-order valence-corrected chi connectivity index (χ0v) is 25.6. The summed E-state index contributed by atoms with van der Waals surface area (Å²) in [6.45, 7) is 12.7. The van der Waals surface area contributed by atoms with Crippen molar-refractivity contribution in [3.8, 4) is 17.2 Å². The van der Waals surface area contributed by atoms with Crippen LogP contribution in [0.15, 0.2) is 54.6 Å². The Bertz CT molecular complexity index is 1320. The second-order valence-electron chi connectivity index (χ2n) is 10.8. The van der Waals surface area contributed by atoms with Crippen molar-refractivity contribution in [3.05, 3.63) is 71.3 Å². The van der Waals surface area contributed by atoms with Crippen LogP contribution < -0.4 is 14.2 Å². The lowest BCUT2D eigenvalue weighted by Crippen LogP contribution is -2.39. The molecule has 2 fully saturated rings. The number of methoxy groups -OCH3 is 1. The highest BCUT2D eigenvalue weighted by atomic mass is 16.5. The van der Waals surface area contributed by atoms with Crippen LogP contribution in [0, 0.1) is 6.92 Å². The highest BCUT2D eigenvalue weighted by Crippen LogP contribution is 2.42. The summed E-state index contributed by atoms with van der Waals surface area (Å²) >= 11 is 0. The first-order valence-corrected chi connectivity index (χ1v) is 15.1. The predicted molar refractivity (Wildman–Crippen MR) is 166 cm³/mol. The van der Waals surface area contributed by atoms with Gasteiger partial charge in [-0.3, -0.25) is 14.5 Å². The van der Waals surface area contributed by atoms with E-state index in [1.54, 1.807) is 42.4 Å². The minimum atomic E-state index is -0.788. The molecular weight excluding hydrogens is 548 g/mol. The summed E-state index contributed by atoms with van der Waals surface area (Å²) in [5.74, 6) is 0.166. The molecule has 0 aliphatic carbocycles. The summed E-state index contributed by atoms with van der Waals surface area (Å²) in [5.41, 5.74) is 1.89. The number of carbonyl (C=O) groups is 2. The molecule has 1 amide bonds. The van der Waals surface area contributed by atoms with Crippen molar-refractivity contribution in [2.75, 3.05) is 59.7 Å². The van der Waals surface area contributed by atoms with Crippen LogP contribution in [0.5, 0.6) is 17.2 Å². The van der Waals surface area contributed by atoms with Crippen LogP contribution in [0.25, 0.3) is 5.76 Å². The van der Waals surface area contributed by atoms with Gasteiger partial charge in [0.2, 0.25) is 0 Å². The fraction of sp³-hybridized carbons (Fsp3) is 0.471. The number of Topliss-reactive ketones (excluding diaryl/α,β-unsaturated/α-hetero) is 1. The number of aliphatic hydroxyl groups excluding tert-OH is 1. The Labute approximate surface area is 254 Å². The number of benzene rings is 2. The lowest BCUT2D eigenvalue weighted by atomic mass is 9.93. The van der Waals surface area contributed by atoms with Gasteiger partial charge in [-0.05, 0) is 61.2 Å². The molecule has 232 valence electrons. The number of hydrogen-bond donors (Lipinski definition) is 1. The second-order valence-corrected chi connectivity index (χ2v) is 10.8. The fourth-order valence-corrected chi connectivity index (χ4v) is 5.55. The van der Waals surface area contributed by atoms with Gasteiger partial charge in [-0.1, -0.05) is 38.5 Å². The molecule has 1 unspecified atom stereocenters. The highest BCUT2D eigenvalue weighted by Gasteiger charge is 2.46. The van der Waals surface area contributed by atoms with Crippen molar-refractivity contribution in [2.45, 2.75) is 45.6 Å². The maximum absolute atomic E-state index is 13.6. The number of rotatable bonds is 15. The molecule has 0 spiro atoms. The minimum absolute atomic E-state index is 0.0536. The molecule has 2 aromatic carbocycles. The molecule has 9 heteroatoms. The maximum atomic E-state index is 13.6. The number of hydrogen-bond acceptors (Lipinski definition) is 8. The molecule has 1 atom stereocenters. The van der Waals surface area contributed by atoms with Crippen molar-refractivity contribution < 1.29 is 33.6 Å². The Balaban J connectivity index is 1.70. The van der Waals surface area contributed by atoms with E-state index < -0.39 is 17.7 Å². The average Bonchev–Trinajstić information content (AvgIpc) is 3.27. The number of ether oxygens (including phenoxy) is 4. The van der Waals surface area contributed by atoms with Gasteiger partial charge in [-0.25, -0.2) is 0 Å². The third-order valence-corrected chi connectivity index (χ3v) is 7.85. The van der Waals surface area contributed by atoms with Crippen molar-refractivity contribution >= 4 is 17.4 Å². The quantitative estimate of drug-likeness (QED) is 0.0981. The van der Waals surface area contributed by atoms with E-state index >= 15 is 0 Å². The van der Waals surface area contributed by atoms with E-state index in [9.17, 15) is 14.7 Å². The molecule has 43 heavy (non-hydrogen) atoms. The fourth-order valence-electron chi connectivity index (χ4n) is 5.55. The van der Waals surface area contributed by atoms with Crippen molar-refractivity contribution in [1.29, 1.82) is 0 Å². The van der Waals surface area contributed by atoms with E-state index in [2.05, 4.69) is 18.4 Å². The topological polar surface area (TPSA) is 97.8 Å². The van der Waals surface area contributed by atoms with Gasteiger partial charge in [0.05, 0.1) is 38.5 Å². The van der Waals surface area contributed by atoms with Gasteiger partial charge in [-0.2, -0.15) is 0 Å². The van der Waals surface area contributed by atoms with Crippen LogP contribution in [0.2, 0.25) is 0 Å². The van der Waals surface area contributed by atoms with Crippen LogP contribution in [0.4, 0.5) is 0 Å². The average molecular weight is 593 g/mol. The molecule has 2 saturated heterocycles. The molecule has 0 aromatic heterocycles. The van der Waals surface area contributed by atoms with E-state index in [0.717, 1.165) is 38.9 Å². The first kappa shape index (κ1) is 32.1. The van der Waals surface area contributed by atoms with Gasteiger partial charge in [0.1, 0.15) is 18.1 Å². The van der Waals surface area contributed by atoms with Gasteiger partial charge in [-0.15, -0.1) is 0 Å². The van der Waals surface area contributed by atoms with E-state index in [0.29, 0.717) is 73.3 Å². The molecule has 0 bridgehead atoms. The SMILES string of the molecule is C=CCOc1ccc(C(O)=C2C(=O)C(=O)N(CCCN3CCOCC3)C2c2ccc(OCCCCC)c(OC)c2)c(C)c1. The number of likely N-dealkylation sites (tertiary alicyclic amines) is 1. The van der Waals surface area contributed by atoms with Crippen molar-refractivity contribution in [3.63, 3.8) is 0 Å². The Morgan fingerprint density at radius 3 is 2.53 bits per heavy atom. The molecule has 4 rings (SSSR count). The summed E-state index contributed by atoms with van der Waals surface area (Å²) in [6.07, 6.45) is 5.42. The van der Waals surface area contributed by atoms with Gasteiger partial charge >= 0.3 is 0 Å². The van der Waals surface area contributed by atoms with Crippen LogP contribution in [-0.4, -0.2) is 86.3 Å². The second kappa shape index (κ2) is 15.6. The molecule has 2 aromatic rings. The normalized spacial score (nSPS) is 18.6. The molecule has 2 aliphatic heterocycles. The van der Waals surface area contributed by atoms with E-state index in [4.69, 9.17) is 18.9 Å². The number of nitrogens with zero attached hydrogens (tertiary/aromatic N) is 2. The lowest BCUT2D eigenvalue weighted by Gasteiger charge is -2.29. The van der Waals surface area contributed by atoms with Gasteiger partial charge in [0.25, 0.3) is 11.7 Å². The third kappa shape index (κ3) is 7.77. The molecule has 2 aliphatic rings. The standard InChI is InChI=1S/C34H44N2O7/c1-5-7-8-19-43-28-13-10-25(23-29(28)40-4)31-30(32(37)27-12-11-26(22-24(27)3)42-18-6-2)33(38)34(39)36(31)15-9-14-35-16-20-41-21-17-35/h6,10-13,22-23,31,37H,2,5,7-9,14-21H2,1,3-4H3. The number of unbranched alkanes of at least 4 members (excludes halogenated alkanes) is 2. The number of amides is 1. The number of carbonyl (C=O) groups excluding carboxylic acids is 2. The van der Waals surface area contributed by atoms with E-state index in [1.165, 1.54) is 0 Å². The Hall–Kier alpha value is -3.82. The third-order valence-electron chi connectivity index (χ3n) is 7.85. The molecule has 9 nitrogen and oxygen atoms in total. The van der Waals surface area contributed by atoms with Gasteiger partial charge in [0, 0.05) is 31.7 Å². The van der Waals surface area contributed by atoms with E-state index in [1.807, 2.05) is 19.1 Å². The van der Waals surface area contributed by atoms with Crippen molar-refractivity contribution in [2.24, 2.45) is 0 Å². The van der Waals surface area contributed by atoms with Gasteiger partial charge < -0.3 is 29.0 Å². The molecule has 0 radical (unpaired) electrons. The van der Waals surface area contributed by atoms with E-state index in [-0.39, 0.29) is 11.3 Å². The number of ketones is 1. The van der Waals surface area contributed by atoms with Crippen LogP contribution in [0.1, 0.15) is 55.3 Å². The van der Waals surface area contributed by atoms with Crippen LogP contribution in [0.3, 0.4) is 0 Å². The molecule has 1 N–H and O–H groups in total. The summed E-state index contributed by atoms with van der Waals surface area (Å²) < 4.78 is 22.7. The Kier molecular flexibility index (Phi) is 11.6. The maximum Gasteiger partial charge on any atom is 0.295 e. The summed E-state index contributed by atoms with van der Waals surface area (Å²) in [6, 6.07) is 9.89. The number of aliphatic hydroxyl groups is 1. The first-order valence-electron chi connectivity index (χ1n) is 15.1. The Morgan fingerprint density at radius 1 is 1.05 bits per heavy atom. The molecule has 2 heterocycles. The van der Waals surface area contributed by atoms with Crippen LogP contribution >= 0.6 is 0 Å². The monoisotopic (exact) mass is 592 g/mol. The first-order chi connectivity index (χ1) is 20.9. The van der Waals surface area contributed by atoms with Crippen molar-refractivity contribution in [1.82, 2.24) is 9.80 Å². The summed E-state index contributed by atoms with van der Waals surface area (Å²) in [4.78, 5) is 31.0. The molecule has 0 saturated carbocycles. The lowest BCUT2D eigenvalue weighted by molar-refractivity contribution is -0.140. The summed E-state index contributed by atoms with van der Waals surface area (Å²) in [7, 11) is 1.57. The predicted octanol–water partition coefficient (Wildman–Crippen LogP) is 5.28. The largest absolute Gasteiger partial charge is 0.507 e. The zero-order valence-electron chi connectivity index (χ0n) is 25.6. The zero-order chi connectivity index (χ0) is 30.8. The minimum Gasteiger partial charge on any atom is -0.507 e. The van der Waals surface area contributed by atoms with Crippen LogP contribution in [-0.2, 0) is 14.3 Å². The number of aryl methyl sites for hydroxylation is 1. The highest BCUT2D eigenvalue weighted by molar-refractivity contribution is 6.46. The van der Waals surface area contributed by atoms with Gasteiger partial charge in [0.15, 0.2) is 11.5 Å². The smallest absolute Gasteiger partial charge is 0.295 e. The summed E-state index contributed by atoms with van der Waals surface area (Å²) in [5, 5.41) is 11.6. The Morgan fingerprint density at radius 2 is 1.84 bits per heavy atom.